The van der Waals surface area contributed by atoms with E-state index >= 15 is 0 Å². The van der Waals surface area contributed by atoms with Gasteiger partial charge in [-0.05, 0) is 46.1 Å². The van der Waals surface area contributed by atoms with E-state index in [1.807, 2.05) is 20.8 Å². The number of hydrogen-bond acceptors (Lipinski definition) is 3. The van der Waals surface area contributed by atoms with Crippen molar-refractivity contribution in [2.24, 2.45) is 0 Å². The van der Waals surface area contributed by atoms with Crippen LogP contribution in [-0.2, 0) is 9.16 Å². The van der Waals surface area contributed by atoms with Crippen molar-refractivity contribution in [2.75, 3.05) is 6.54 Å². The fourth-order valence-corrected chi connectivity index (χ4v) is 3.43. The molecular formula is C17H33NO3Si. The summed E-state index contributed by atoms with van der Waals surface area (Å²) in [6.45, 7) is 21.0. The molecule has 0 bridgehead atoms. The van der Waals surface area contributed by atoms with Gasteiger partial charge in [0.1, 0.15) is 5.60 Å². The molecule has 1 amide bonds. The molecule has 5 heteroatoms. The summed E-state index contributed by atoms with van der Waals surface area (Å²) in [5.74, 6) is 0. The maximum Gasteiger partial charge on any atom is 0.410 e. The first-order valence-corrected chi connectivity index (χ1v) is 9.30. The van der Waals surface area contributed by atoms with E-state index in [1.54, 1.807) is 4.90 Å². The number of carbonyl (C=O) groups excluding carboxylic acids is 1. The topological polar surface area (TPSA) is 38.8 Å². The van der Waals surface area contributed by atoms with E-state index in [4.69, 9.17) is 9.16 Å². The van der Waals surface area contributed by atoms with E-state index in [0.29, 0.717) is 6.54 Å². The van der Waals surface area contributed by atoms with E-state index < -0.39 is 15.4 Å². The third kappa shape index (κ3) is 5.76. The molecule has 1 aliphatic heterocycles. The van der Waals surface area contributed by atoms with Gasteiger partial charge in [0.25, 0.3) is 0 Å². The Morgan fingerprint density at radius 3 is 2.18 bits per heavy atom. The largest absolute Gasteiger partial charge is 0.444 e. The van der Waals surface area contributed by atoms with Crippen LogP contribution in [0.4, 0.5) is 4.79 Å². The Hall–Kier alpha value is -0.813. The molecule has 0 aliphatic carbocycles. The smallest absolute Gasteiger partial charge is 0.410 e. The highest BCUT2D eigenvalue weighted by Gasteiger charge is 2.43. The van der Waals surface area contributed by atoms with Crippen molar-refractivity contribution < 1.29 is 14.0 Å². The summed E-state index contributed by atoms with van der Waals surface area (Å²) in [5, 5.41) is 0.226. The minimum absolute atomic E-state index is 0.00954. The van der Waals surface area contributed by atoms with Gasteiger partial charge in [0.05, 0.1) is 11.6 Å². The van der Waals surface area contributed by atoms with Gasteiger partial charge in [-0.3, -0.25) is 4.90 Å². The molecule has 0 aromatic heterocycles. The summed E-state index contributed by atoms with van der Waals surface area (Å²) in [6.07, 6.45) is 0.510. The number of nitrogens with zero attached hydrogens (tertiary/aromatic N) is 1. The second-order valence-electron chi connectivity index (χ2n) is 9.03. The van der Waals surface area contributed by atoms with Gasteiger partial charge in [0, 0.05) is 6.54 Å². The molecule has 22 heavy (non-hydrogen) atoms. The SMILES string of the molecule is C=C1C[C@H](C(C)(C)O[SiH2]C(C)(C)C)N(C(=O)OC(C)(C)C)C1. The zero-order valence-corrected chi connectivity index (χ0v) is 17.0. The number of amides is 1. The summed E-state index contributed by atoms with van der Waals surface area (Å²) in [7, 11) is -0.694. The molecule has 0 unspecified atom stereocenters. The van der Waals surface area contributed by atoms with E-state index in [0.717, 1.165) is 12.0 Å². The van der Waals surface area contributed by atoms with Crippen LogP contribution in [0.5, 0.6) is 0 Å². The van der Waals surface area contributed by atoms with Crippen LogP contribution in [-0.4, -0.2) is 44.5 Å². The molecule has 1 fully saturated rings. The molecule has 0 radical (unpaired) electrons. The molecule has 0 saturated carbocycles. The minimum Gasteiger partial charge on any atom is -0.444 e. The second kappa shape index (κ2) is 6.36. The van der Waals surface area contributed by atoms with Gasteiger partial charge in [0.2, 0.25) is 0 Å². The summed E-state index contributed by atoms with van der Waals surface area (Å²) in [6, 6.07) is -0.00954. The first-order chi connectivity index (χ1) is 9.71. The Morgan fingerprint density at radius 1 is 1.18 bits per heavy atom. The lowest BCUT2D eigenvalue weighted by atomic mass is 9.96. The molecule has 0 aromatic carbocycles. The molecule has 0 spiro atoms. The number of carbonyl (C=O) groups is 1. The third-order valence-electron chi connectivity index (χ3n) is 3.56. The molecule has 1 aliphatic rings. The summed E-state index contributed by atoms with van der Waals surface area (Å²) >= 11 is 0. The van der Waals surface area contributed by atoms with Gasteiger partial charge in [-0.15, -0.1) is 0 Å². The number of likely N-dealkylation sites (tertiary alicyclic amines) is 1. The molecule has 1 heterocycles. The van der Waals surface area contributed by atoms with Crippen LogP contribution in [0.15, 0.2) is 12.2 Å². The molecule has 128 valence electrons. The average Bonchev–Trinajstić information content (AvgIpc) is 2.67. The van der Waals surface area contributed by atoms with E-state index in [9.17, 15) is 4.79 Å². The summed E-state index contributed by atoms with van der Waals surface area (Å²) in [4.78, 5) is 14.3. The van der Waals surface area contributed by atoms with E-state index in [2.05, 4.69) is 41.2 Å². The highest BCUT2D eigenvalue weighted by atomic mass is 28.2. The Morgan fingerprint density at radius 2 is 1.73 bits per heavy atom. The fourth-order valence-electron chi connectivity index (χ4n) is 2.43. The van der Waals surface area contributed by atoms with Crippen molar-refractivity contribution in [1.29, 1.82) is 0 Å². The molecular weight excluding hydrogens is 294 g/mol. The Bertz CT molecular complexity index is 432. The lowest BCUT2D eigenvalue weighted by Crippen LogP contribution is -2.51. The van der Waals surface area contributed by atoms with Gasteiger partial charge < -0.3 is 9.16 Å². The Labute approximate surface area is 138 Å². The predicted molar refractivity (Wildman–Crippen MR) is 93.9 cm³/mol. The van der Waals surface area contributed by atoms with Crippen LogP contribution < -0.4 is 0 Å². The Balaban J connectivity index is 2.85. The first-order valence-electron chi connectivity index (χ1n) is 8.01. The van der Waals surface area contributed by atoms with Gasteiger partial charge in [-0.1, -0.05) is 32.9 Å². The lowest BCUT2D eigenvalue weighted by Gasteiger charge is -2.39. The minimum atomic E-state index is -0.694. The standard InChI is InChI=1S/C17H33NO3Si/c1-12-10-13(17(8,9)21-22-16(5,6)7)18(11-12)14(19)20-15(2,3)4/h13H,1,10-11,22H2,2-9H3/t13-/m1/s1. The summed E-state index contributed by atoms with van der Waals surface area (Å²) < 4.78 is 11.8. The predicted octanol–water partition coefficient (Wildman–Crippen LogP) is 3.65. The average molecular weight is 328 g/mol. The van der Waals surface area contributed by atoms with Gasteiger partial charge in [-0.25, -0.2) is 4.79 Å². The van der Waals surface area contributed by atoms with Crippen molar-refractivity contribution in [1.82, 2.24) is 4.90 Å². The first kappa shape index (κ1) is 19.2. The van der Waals surface area contributed by atoms with Crippen LogP contribution >= 0.6 is 0 Å². The second-order valence-corrected chi connectivity index (χ2v) is 11.7. The molecule has 1 rings (SSSR count). The quantitative estimate of drug-likeness (QED) is 0.587. The van der Waals surface area contributed by atoms with Crippen LogP contribution in [0.1, 0.15) is 61.8 Å². The van der Waals surface area contributed by atoms with Crippen molar-refractivity contribution in [3.63, 3.8) is 0 Å². The third-order valence-corrected chi connectivity index (χ3v) is 5.31. The summed E-state index contributed by atoms with van der Waals surface area (Å²) in [5.41, 5.74) is 0.192. The number of rotatable bonds is 3. The van der Waals surface area contributed by atoms with E-state index in [1.165, 1.54) is 0 Å². The van der Waals surface area contributed by atoms with Crippen LogP contribution in [0.25, 0.3) is 0 Å². The normalized spacial score (nSPS) is 21.0. The maximum absolute atomic E-state index is 12.5. The highest BCUT2D eigenvalue weighted by molar-refractivity contribution is 6.31. The molecule has 1 atom stereocenters. The van der Waals surface area contributed by atoms with Crippen molar-refractivity contribution in [3.8, 4) is 0 Å². The molecule has 0 N–H and O–H groups in total. The lowest BCUT2D eigenvalue weighted by molar-refractivity contribution is -0.0129. The Kier molecular flexibility index (Phi) is 5.56. The highest BCUT2D eigenvalue weighted by Crippen LogP contribution is 2.34. The fraction of sp³-hybridized carbons (Fsp3) is 0.824. The number of ether oxygens (including phenoxy) is 1. The van der Waals surface area contributed by atoms with Crippen LogP contribution in [0.2, 0.25) is 5.04 Å². The molecule has 4 nitrogen and oxygen atoms in total. The van der Waals surface area contributed by atoms with Crippen LogP contribution in [0.3, 0.4) is 0 Å². The molecule has 0 aromatic rings. The van der Waals surface area contributed by atoms with E-state index in [-0.39, 0.29) is 22.8 Å². The van der Waals surface area contributed by atoms with Crippen molar-refractivity contribution in [2.45, 2.75) is 84.1 Å². The number of hydrogen-bond donors (Lipinski definition) is 0. The van der Waals surface area contributed by atoms with Gasteiger partial charge in [0.15, 0.2) is 9.76 Å². The monoisotopic (exact) mass is 327 g/mol. The van der Waals surface area contributed by atoms with Crippen molar-refractivity contribution >= 4 is 15.9 Å². The van der Waals surface area contributed by atoms with Gasteiger partial charge in [-0.2, -0.15) is 0 Å². The molecule has 1 saturated heterocycles. The zero-order chi connectivity index (χ0) is 17.3. The van der Waals surface area contributed by atoms with Gasteiger partial charge >= 0.3 is 6.09 Å². The maximum atomic E-state index is 12.5. The zero-order valence-electron chi connectivity index (χ0n) is 15.6. The van der Waals surface area contributed by atoms with Crippen LogP contribution in [0, 0.1) is 0 Å². The van der Waals surface area contributed by atoms with Crippen molar-refractivity contribution in [3.05, 3.63) is 12.2 Å².